The molecule has 0 saturated carbocycles. The quantitative estimate of drug-likeness (QED) is 0.511. The first kappa shape index (κ1) is 23.9. The molecule has 1 amide bonds. The van der Waals surface area contributed by atoms with E-state index in [4.69, 9.17) is 14.2 Å². The maximum Gasteiger partial charge on any atom is 0.268 e. The van der Waals surface area contributed by atoms with Gasteiger partial charge in [0.1, 0.15) is 28.7 Å². The number of hydrogen-bond acceptors (Lipinski definition) is 6. The molecule has 3 rings (SSSR count). The molecule has 1 N–H and O–H groups in total. The number of rotatable bonds is 9. The number of benzene rings is 3. The first-order valence-corrected chi connectivity index (χ1v) is 11.5. The van der Waals surface area contributed by atoms with Gasteiger partial charge in [-0.15, -0.1) is 0 Å². The topological polar surface area (TPSA) is 94.2 Å². The molecule has 0 radical (unpaired) electrons. The second-order valence-electron chi connectivity index (χ2n) is 7.14. The van der Waals surface area contributed by atoms with E-state index in [0.717, 1.165) is 9.87 Å². The van der Waals surface area contributed by atoms with Crippen molar-refractivity contribution < 1.29 is 27.4 Å². The lowest BCUT2D eigenvalue weighted by molar-refractivity contribution is -0.114. The van der Waals surface area contributed by atoms with Crippen LogP contribution in [0.3, 0.4) is 0 Å². The van der Waals surface area contributed by atoms with Crippen molar-refractivity contribution in [3.05, 3.63) is 72.3 Å². The minimum Gasteiger partial charge on any atom is -0.497 e. The monoisotopic (exact) mass is 470 g/mol. The molecule has 8 nitrogen and oxygen atoms in total. The number of sulfonamides is 1. The fraction of sp³-hybridized carbons (Fsp3) is 0.208. The molecule has 33 heavy (non-hydrogen) atoms. The molecular formula is C24H26N2O6S. The van der Waals surface area contributed by atoms with Gasteiger partial charge in [0.2, 0.25) is 5.91 Å². The van der Waals surface area contributed by atoms with Crippen LogP contribution in [0.2, 0.25) is 0 Å². The first-order valence-electron chi connectivity index (χ1n) is 10.0. The van der Waals surface area contributed by atoms with Crippen LogP contribution in [0.15, 0.2) is 71.6 Å². The number of nitrogens with zero attached hydrogens (tertiary/aromatic N) is 1. The highest BCUT2D eigenvalue weighted by atomic mass is 32.2. The zero-order valence-electron chi connectivity index (χ0n) is 18.9. The van der Waals surface area contributed by atoms with Crippen LogP contribution in [0.4, 0.5) is 11.4 Å². The Morgan fingerprint density at radius 1 is 0.848 bits per heavy atom. The van der Waals surface area contributed by atoms with Gasteiger partial charge in [-0.3, -0.25) is 9.10 Å². The normalized spacial score (nSPS) is 10.9. The van der Waals surface area contributed by atoms with Crippen molar-refractivity contribution in [2.75, 3.05) is 37.5 Å². The summed E-state index contributed by atoms with van der Waals surface area (Å²) < 4.78 is 44.0. The van der Waals surface area contributed by atoms with Crippen molar-refractivity contribution in [3.8, 4) is 17.2 Å². The molecule has 0 fully saturated rings. The number of amides is 1. The van der Waals surface area contributed by atoms with Gasteiger partial charge in [0.25, 0.3) is 10.0 Å². The van der Waals surface area contributed by atoms with E-state index in [0.29, 0.717) is 22.9 Å². The summed E-state index contributed by atoms with van der Waals surface area (Å²) in [5, 5.41) is 2.72. The van der Waals surface area contributed by atoms with Gasteiger partial charge >= 0.3 is 0 Å². The van der Waals surface area contributed by atoms with Gasteiger partial charge in [0.15, 0.2) is 0 Å². The number of anilines is 2. The van der Waals surface area contributed by atoms with Crippen LogP contribution in [-0.2, 0) is 14.8 Å². The van der Waals surface area contributed by atoms with Gasteiger partial charge in [-0.25, -0.2) is 8.42 Å². The number of hydrogen-bond donors (Lipinski definition) is 1. The van der Waals surface area contributed by atoms with Crippen molar-refractivity contribution in [2.24, 2.45) is 0 Å². The Hall–Kier alpha value is -3.72. The molecule has 0 aliphatic carbocycles. The smallest absolute Gasteiger partial charge is 0.268 e. The van der Waals surface area contributed by atoms with Gasteiger partial charge in [0.05, 0.1) is 27.0 Å². The summed E-state index contributed by atoms with van der Waals surface area (Å²) in [5.74, 6) is 0.884. The maximum absolute atomic E-state index is 13.7. The summed E-state index contributed by atoms with van der Waals surface area (Å²) in [6.45, 7) is 1.34. The van der Waals surface area contributed by atoms with Crippen LogP contribution in [-0.4, -0.2) is 42.2 Å². The predicted molar refractivity (Wildman–Crippen MR) is 127 cm³/mol. The van der Waals surface area contributed by atoms with Crippen LogP contribution < -0.4 is 23.8 Å². The fourth-order valence-corrected chi connectivity index (χ4v) is 4.84. The number of carbonyl (C=O) groups is 1. The van der Waals surface area contributed by atoms with Gasteiger partial charge in [-0.2, -0.15) is 0 Å². The fourth-order valence-electron chi connectivity index (χ4n) is 3.17. The second kappa shape index (κ2) is 10.3. The largest absolute Gasteiger partial charge is 0.497 e. The lowest BCUT2D eigenvalue weighted by Crippen LogP contribution is -2.38. The van der Waals surface area contributed by atoms with E-state index >= 15 is 0 Å². The summed E-state index contributed by atoms with van der Waals surface area (Å²) in [4.78, 5) is 12.8. The zero-order valence-corrected chi connectivity index (χ0v) is 19.7. The van der Waals surface area contributed by atoms with Crippen LogP contribution in [0.5, 0.6) is 17.2 Å². The number of carbonyl (C=O) groups excluding carboxylic acids is 1. The number of aryl methyl sites for hydroxylation is 1. The van der Waals surface area contributed by atoms with E-state index in [1.807, 2.05) is 0 Å². The standard InChI is InChI=1S/C24H26N2O6S/c1-17-5-14-22(32-4)23(15-17)33(28,29)26(19-8-12-21(31-3)13-9-19)16-24(27)25-18-6-10-20(30-2)11-7-18/h5-15H,16H2,1-4H3,(H,25,27). The van der Waals surface area contributed by atoms with E-state index in [2.05, 4.69) is 5.32 Å². The number of methoxy groups -OCH3 is 3. The molecule has 0 unspecified atom stereocenters. The van der Waals surface area contributed by atoms with E-state index in [-0.39, 0.29) is 10.6 Å². The Kier molecular flexibility index (Phi) is 7.44. The molecule has 0 aliphatic heterocycles. The summed E-state index contributed by atoms with van der Waals surface area (Å²) in [6.07, 6.45) is 0. The lowest BCUT2D eigenvalue weighted by atomic mass is 10.2. The Morgan fingerprint density at radius 2 is 1.42 bits per heavy atom. The van der Waals surface area contributed by atoms with Gasteiger partial charge < -0.3 is 19.5 Å². The molecule has 0 bridgehead atoms. The molecule has 0 heterocycles. The Balaban J connectivity index is 1.98. The number of ether oxygens (including phenoxy) is 3. The van der Waals surface area contributed by atoms with E-state index in [1.54, 1.807) is 74.7 Å². The lowest BCUT2D eigenvalue weighted by Gasteiger charge is -2.25. The number of nitrogens with one attached hydrogen (secondary N) is 1. The Labute approximate surface area is 193 Å². The maximum atomic E-state index is 13.7. The SMILES string of the molecule is COc1ccc(NC(=O)CN(c2ccc(OC)cc2)S(=O)(=O)c2cc(C)ccc2OC)cc1. The molecule has 0 spiro atoms. The first-order chi connectivity index (χ1) is 15.8. The van der Waals surface area contributed by atoms with Crippen molar-refractivity contribution in [1.29, 1.82) is 0 Å². The molecule has 174 valence electrons. The summed E-state index contributed by atoms with van der Waals surface area (Å²) in [6, 6.07) is 18.0. The Morgan fingerprint density at radius 3 is 1.97 bits per heavy atom. The molecule has 3 aromatic rings. The molecule has 0 saturated heterocycles. The van der Waals surface area contributed by atoms with Crippen LogP contribution in [0.25, 0.3) is 0 Å². The third-order valence-electron chi connectivity index (χ3n) is 4.91. The highest BCUT2D eigenvalue weighted by molar-refractivity contribution is 7.93. The summed E-state index contributed by atoms with van der Waals surface area (Å²) in [5.41, 5.74) is 1.57. The van der Waals surface area contributed by atoms with Crippen molar-refractivity contribution in [1.82, 2.24) is 0 Å². The Bertz CT molecular complexity index is 1210. The highest BCUT2D eigenvalue weighted by Crippen LogP contribution is 2.31. The highest BCUT2D eigenvalue weighted by Gasteiger charge is 2.30. The zero-order chi connectivity index (χ0) is 24.0. The molecular weight excluding hydrogens is 444 g/mol. The van der Waals surface area contributed by atoms with Crippen molar-refractivity contribution in [3.63, 3.8) is 0 Å². The summed E-state index contributed by atoms with van der Waals surface area (Å²) in [7, 11) is 0.314. The third kappa shape index (κ3) is 5.56. The predicted octanol–water partition coefficient (Wildman–Crippen LogP) is 3.85. The average Bonchev–Trinajstić information content (AvgIpc) is 2.83. The minimum atomic E-state index is -4.15. The average molecular weight is 471 g/mol. The van der Waals surface area contributed by atoms with Crippen molar-refractivity contribution in [2.45, 2.75) is 11.8 Å². The van der Waals surface area contributed by atoms with Crippen LogP contribution in [0, 0.1) is 6.92 Å². The summed E-state index contributed by atoms with van der Waals surface area (Å²) >= 11 is 0. The molecule has 9 heteroatoms. The van der Waals surface area contributed by atoms with Gasteiger partial charge in [-0.1, -0.05) is 6.07 Å². The van der Waals surface area contributed by atoms with Gasteiger partial charge in [0, 0.05) is 5.69 Å². The van der Waals surface area contributed by atoms with Crippen LogP contribution in [0.1, 0.15) is 5.56 Å². The third-order valence-corrected chi connectivity index (χ3v) is 6.70. The minimum absolute atomic E-state index is 0.0296. The van der Waals surface area contributed by atoms with Gasteiger partial charge in [-0.05, 0) is 73.2 Å². The van der Waals surface area contributed by atoms with E-state index in [1.165, 1.54) is 20.3 Å². The second-order valence-corrected chi connectivity index (χ2v) is 8.97. The van der Waals surface area contributed by atoms with E-state index in [9.17, 15) is 13.2 Å². The van der Waals surface area contributed by atoms with Crippen molar-refractivity contribution >= 4 is 27.3 Å². The van der Waals surface area contributed by atoms with Crippen LogP contribution >= 0.6 is 0 Å². The van der Waals surface area contributed by atoms with E-state index < -0.39 is 22.5 Å². The molecule has 0 atom stereocenters. The molecule has 0 aromatic heterocycles. The molecule has 3 aromatic carbocycles. The molecule has 0 aliphatic rings.